The van der Waals surface area contributed by atoms with Gasteiger partial charge in [0.2, 0.25) is 17.8 Å². The predicted molar refractivity (Wildman–Crippen MR) is 611 cm³/mol. The van der Waals surface area contributed by atoms with Gasteiger partial charge >= 0.3 is 0 Å². The molecule has 147 heavy (non-hydrogen) atoms. The normalized spacial score (nSPS) is 11.7. The van der Waals surface area contributed by atoms with Gasteiger partial charge in [-0.25, -0.2) is 19.9 Å². The third-order valence-electron chi connectivity index (χ3n) is 28.8. The molecule has 7 aromatic heterocycles. The highest BCUT2D eigenvalue weighted by Gasteiger charge is 2.42. The number of hydrogen-bond donors (Lipinski definition) is 0. The van der Waals surface area contributed by atoms with Gasteiger partial charge in [-0.3, -0.25) is 13.7 Å². The van der Waals surface area contributed by atoms with Crippen LogP contribution < -0.4 is 20.7 Å². The molecule has 0 saturated heterocycles. The summed E-state index contributed by atoms with van der Waals surface area (Å²) in [5.41, 5.74) is 21.3. The van der Waals surface area contributed by atoms with Gasteiger partial charge < -0.3 is 4.57 Å². The molecule has 0 unspecified atom stereocenters. The van der Waals surface area contributed by atoms with Crippen molar-refractivity contribution in [3.05, 3.63) is 534 Å². The summed E-state index contributed by atoms with van der Waals surface area (Å²) < 4.78 is 8.98. The second-order valence-electron chi connectivity index (χ2n) is 37.2. The van der Waals surface area contributed by atoms with Crippen LogP contribution in [-0.2, 0) is 0 Å². The molecule has 0 fully saturated rings. The second kappa shape index (κ2) is 36.8. The third-order valence-corrected chi connectivity index (χ3v) is 33.5. The standard InChI is InChI=1S/C49H31N5.C49H34N4Si.C36H23N3/c1-4-15-33(16-5-1)47-50-48(34-17-6-2-7-18-34)52-49(51-47)54-44-28-26-36(31-41(44)46-38-21-11-10-14-32(38)24-29-45(46)54)35-25-27-43-40(30-35)39-22-12-13-23-42(39)53(43)37-19-8-3-9-20-37;1-5-19-36(20-6-1)47-50-48(52-49(51-47)53-44-31-16-15-30-43(44)46-42-29-14-13-18-35(42)32-33-45(46)53)37-21-17-28-41(34-37)54(38-22-7-2-8-23-38,39-24-9-3-10-25-39)40-26-11-4-12-27-40;1-2-10-24(11-3-1)25-18-20-27(21-19-25)35-29-14-6-8-16-31(29)37-36(38-35)39-32-17-9-7-15-30(32)34-28-13-5-4-12-26(28)22-23-33(34)39/h1-31H;1-34H;1-23H. The summed E-state index contributed by atoms with van der Waals surface area (Å²) >= 11 is 0. The maximum absolute atomic E-state index is 5.35. The molecule has 0 radical (unpaired) electrons. The molecule has 13 heteroatoms. The first-order valence-electron chi connectivity index (χ1n) is 49.7. The number of rotatable bonds is 15. The molecule has 7 heterocycles. The lowest BCUT2D eigenvalue weighted by molar-refractivity contribution is 0.953. The first-order valence-corrected chi connectivity index (χ1v) is 51.7. The van der Waals surface area contributed by atoms with E-state index in [2.05, 4.69) is 461 Å². The van der Waals surface area contributed by atoms with Gasteiger partial charge in [-0.2, -0.15) is 19.9 Å². The average Bonchev–Trinajstić information content (AvgIpc) is 1.61. The summed E-state index contributed by atoms with van der Waals surface area (Å²) in [5, 5.41) is 23.1. The minimum Gasteiger partial charge on any atom is -0.309 e. The lowest BCUT2D eigenvalue weighted by Crippen LogP contribution is -2.74. The van der Waals surface area contributed by atoms with Crippen molar-refractivity contribution in [1.29, 1.82) is 0 Å². The van der Waals surface area contributed by atoms with Crippen LogP contribution in [0.1, 0.15) is 0 Å². The van der Waals surface area contributed by atoms with Crippen LogP contribution in [0.3, 0.4) is 0 Å². The third kappa shape index (κ3) is 15.2. The maximum Gasteiger partial charge on any atom is 0.238 e. The molecule has 0 N–H and O–H groups in total. The first-order chi connectivity index (χ1) is 72.9. The minimum absolute atomic E-state index is 0.584. The van der Waals surface area contributed by atoms with Gasteiger partial charge in [0.15, 0.2) is 31.4 Å². The maximum atomic E-state index is 5.35. The molecule has 0 atom stereocenters. The van der Waals surface area contributed by atoms with Gasteiger partial charge in [0.25, 0.3) is 0 Å². The summed E-state index contributed by atoms with van der Waals surface area (Å²) in [5.74, 6) is 4.38. The Kier molecular flexibility index (Phi) is 21.7. The second-order valence-corrected chi connectivity index (χ2v) is 41.0. The van der Waals surface area contributed by atoms with E-state index in [-0.39, 0.29) is 0 Å². The molecule has 0 saturated carbocycles. The van der Waals surface area contributed by atoms with E-state index in [1.165, 1.54) is 118 Å². The highest BCUT2D eigenvalue weighted by atomic mass is 28.3. The highest BCUT2D eigenvalue weighted by molar-refractivity contribution is 7.20. The zero-order valence-corrected chi connectivity index (χ0v) is 80.7. The molecule has 29 rings (SSSR count). The summed E-state index contributed by atoms with van der Waals surface area (Å²) in [6, 6.07) is 189. The Labute approximate surface area is 847 Å². The van der Waals surface area contributed by atoms with Crippen molar-refractivity contribution >= 4 is 159 Å². The van der Waals surface area contributed by atoms with Gasteiger partial charge in [0.1, 0.15) is 0 Å². The van der Waals surface area contributed by atoms with Crippen molar-refractivity contribution < 1.29 is 0 Å². The van der Waals surface area contributed by atoms with E-state index in [1.807, 2.05) is 91.0 Å². The highest BCUT2D eigenvalue weighted by Crippen LogP contribution is 2.45. The van der Waals surface area contributed by atoms with Crippen molar-refractivity contribution in [2.75, 3.05) is 0 Å². The van der Waals surface area contributed by atoms with Crippen LogP contribution in [0.4, 0.5) is 0 Å². The van der Waals surface area contributed by atoms with E-state index < -0.39 is 8.07 Å². The van der Waals surface area contributed by atoms with Gasteiger partial charge in [-0.1, -0.05) is 455 Å². The number of fused-ring (bicyclic) bond motifs is 19. The Morgan fingerprint density at radius 2 is 0.449 bits per heavy atom. The molecule has 12 nitrogen and oxygen atoms in total. The fraction of sp³-hybridized carbons (Fsp3) is 0. The lowest BCUT2D eigenvalue weighted by atomic mass is 9.99. The Hall–Kier alpha value is -19.6. The van der Waals surface area contributed by atoms with Crippen LogP contribution in [0.25, 0.3) is 233 Å². The molecule has 0 aliphatic heterocycles. The SMILES string of the molecule is c1ccc(-c2ccc(-c3nc(-n4c5ccccc5c5c6ccccc6ccc54)nc4ccccc34)cc2)cc1.c1ccc(-c2nc(-c3cccc([Si](c4ccccc4)(c4ccccc4)c4ccccc4)c3)nc(-n3c4ccccc4c4c5ccccc5ccc43)n2)cc1.c1ccc(-c2nc(-c3ccccc3)nc(-n3c4ccc(-c5ccc6c(c5)c5ccccc5n6-c5ccccc5)cc4c4c5ccccc5ccc43)n2)cc1. The molecule has 0 bridgehead atoms. The number of hydrogen-bond acceptors (Lipinski definition) is 8. The quantitative estimate of drug-likeness (QED) is 0.0734. The van der Waals surface area contributed by atoms with Crippen LogP contribution in [0.15, 0.2) is 534 Å². The average molecular weight is 1890 g/mol. The molecular formula is C134H88N12Si. The van der Waals surface area contributed by atoms with Crippen LogP contribution >= 0.6 is 0 Å². The molecule has 688 valence electrons. The Bertz CT molecular complexity index is 9950. The van der Waals surface area contributed by atoms with Crippen molar-refractivity contribution in [1.82, 2.24) is 58.1 Å². The van der Waals surface area contributed by atoms with E-state index in [0.717, 1.165) is 94.2 Å². The first kappa shape index (κ1) is 86.5. The lowest BCUT2D eigenvalue weighted by Gasteiger charge is -2.34. The Morgan fingerprint density at radius 3 is 0.905 bits per heavy atom. The van der Waals surface area contributed by atoms with E-state index in [4.69, 9.17) is 39.9 Å². The summed E-state index contributed by atoms with van der Waals surface area (Å²) in [7, 11) is -2.78. The molecule has 29 aromatic rings. The molecule has 22 aromatic carbocycles. The monoisotopic (exact) mass is 1890 g/mol. The van der Waals surface area contributed by atoms with Gasteiger partial charge in [-0.05, 0) is 154 Å². The van der Waals surface area contributed by atoms with Crippen molar-refractivity contribution in [2.24, 2.45) is 0 Å². The summed E-state index contributed by atoms with van der Waals surface area (Å²) in [6.45, 7) is 0. The molecule has 0 amide bonds. The van der Waals surface area contributed by atoms with Crippen LogP contribution in [0.2, 0.25) is 0 Å². The van der Waals surface area contributed by atoms with Crippen LogP contribution in [0, 0.1) is 0 Å². The molecule has 0 spiro atoms. The fourth-order valence-corrected chi connectivity index (χ4v) is 26.9. The van der Waals surface area contributed by atoms with Crippen LogP contribution in [-0.4, -0.2) is 66.2 Å². The number of para-hydroxylation sites is 5. The van der Waals surface area contributed by atoms with Gasteiger partial charge in [-0.15, -0.1) is 0 Å². The van der Waals surface area contributed by atoms with Crippen molar-refractivity contribution in [3.8, 4) is 103 Å². The zero-order chi connectivity index (χ0) is 97.2. The number of nitrogens with zero attached hydrogens (tertiary/aromatic N) is 12. The number of aromatic nitrogens is 12. The smallest absolute Gasteiger partial charge is 0.238 e. The predicted octanol–water partition coefficient (Wildman–Crippen LogP) is 30.3. The van der Waals surface area contributed by atoms with E-state index >= 15 is 0 Å². The molecule has 0 aliphatic carbocycles. The number of benzene rings is 22. The van der Waals surface area contributed by atoms with Crippen molar-refractivity contribution in [3.63, 3.8) is 0 Å². The van der Waals surface area contributed by atoms with Crippen LogP contribution in [0.5, 0.6) is 0 Å². The summed E-state index contributed by atoms with van der Waals surface area (Å²) in [6.07, 6.45) is 0. The Morgan fingerprint density at radius 1 is 0.150 bits per heavy atom. The van der Waals surface area contributed by atoms with E-state index in [9.17, 15) is 0 Å². The fourth-order valence-electron chi connectivity index (χ4n) is 22.1. The van der Waals surface area contributed by atoms with Crippen molar-refractivity contribution in [2.45, 2.75) is 0 Å². The largest absolute Gasteiger partial charge is 0.309 e. The Balaban J connectivity index is 0.000000111. The topological polar surface area (TPSA) is 123 Å². The van der Waals surface area contributed by atoms with Gasteiger partial charge in [0, 0.05) is 82.0 Å². The minimum atomic E-state index is -2.78. The summed E-state index contributed by atoms with van der Waals surface area (Å²) in [4.78, 5) is 41.4. The van der Waals surface area contributed by atoms with E-state index in [0.29, 0.717) is 41.1 Å². The molecule has 0 aliphatic rings. The molecular weight excluding hydrogens is 1810 g/mol. The van der Waals surface area contributed by atoms with E-state index in [1.54, 1.807) is 0 Å². The zero-order valence-electron chi connectivity index (χ0n) is 79.7. The van der Waals surface area contributed by atoms with Gasteiger partial charge in [0.05, 0.1) is 55.3 Å².